The Kier molecular flexibility index (Phi) is 6.53. The molecule has 0 aromatic heterocycles. The van der Waals surface area contributed by atoms with Gasteiger partial charge in [0, 0.05) is 16.5 Å². The number of thioether (sulfide) groups is 1. The van der Waals surface area contributed by atoms with Gasteiger partial charge in [-0.25, -0.2) is 9.98 Å². The van der Waals surface area contributed by atoms with Gasteiger partial charge >= 0.3 is 0 Å². The van der Waals surface area contributed by atoms with E-state index in [1.54, 1.807) is 36.4 Å². The molecule has 9 heteroatoms. The smallest absolute Gasteiger partial charge is 0.171 e. The van der Waals surface area contributed by atoms with E-state index in [-0.39, 0.29) is 11.3 Å². The zero-order valence-corrected chi connectivity index (χ0v) is 18.7. The second kappa shape index (κ2) is 9.34. The number of aliphatic carboxylic acids is 1. The number of carboxylic acid groups (broad SMARTS) is 2. The minimum atomic E-state index is -1.28. The summed E-state index contributed by atoms with van der Waals surface area (Å²) in [7, 11) is 0. The lowest BCUT2D eigenvalue weighted by atomic mass is 9.79. The van der Waals surface area contributed by atoms with Crippen LogP contribution >= 0.6 is 23.4 Å². The van der Waals surface area contributed by atoms with Gasteiger partial charge in [0.2, 0.25) is 0 Å². The van der Waals surface area contributed by atoms with E-state index in [1.807, 2.05) is 4.90 Å². The van der Waals surface area contributed by atoms with Crippen LogP contribution in [0.4, 0.5) is 11.4 Å². The van der Waals surface area contributed by atoms with Crippen molar-refractivity contribution in [3.8, 4) is 0 Å². The number of anilines is 1. The number of carbonyl (C=O) groups excluding carboxylic acids is 2. The van der Waals surface area contributed by atoms with Crippen molar-refractivity contribution in [2.75, 3.05) is 10.7 Å². The highest BCUT2D eigenvalue weighted by molar-refractivity contribution is 8.14. The van der Waals surface area contributed by atoms with E-state index < -0.39 is 17.5 Å². The van der Waals surface area contributed by atoms with Gasteiger partial charge in [0.05, 0.1) is 17.6 Å². The summed E-state index contributed by atoms with van der Waals surface area (Å²) in [6.45, 7) is 0. The molecule has 0 saturated heterocycles. The fourth-order valence-electron chi connectivity index (χ4n) is 4.23. The van der Waals surface area contributed by atoms with Gasteiger partial charge in [0.15, 0.2) is 11.0 Å². The number of halogens is 1. The van der Waals surface area contributed by atoms with Gasteiger partial charge in [-0.05, 0) is 54.8 Å². The Morgan fingerprint density at radius 1 is 1.09 bits per heavy atom. The fourth-order valence-corrected chi connectivity index (χ4v) is 5.16. The molecule has 2 aliphatic rings. The van der Waals surface area contributed by atoms with Crippen molar-refractivity contribution >= 4 is 57.7 Å². The topological polar surface area (TPSA) is 108 Å². The Morgan fingerprint density at radius 3 is 2.47 bits per heavy atom. The SMILES string of the molecule is O=C([O-])CSC1=NC(=Nc2ccc(Cl)cc2)C2(CCCCC2)N1c1cccc(C(=O)[O-])c1. The molecule has 2 aromatic carbocycles. The molecule has 1 saturated carbocycles. The van der Waals surface area contributed by atoms with Crippen LogP contribution < -0.4 is 15.1 Å². The Morgan fingerprint density at radius 2 is 1.81 bits per heavy atom. The lowest BCUT2D eigenvalue weighted by Crippen LogP contribution is -2.53. The van der Waals surface area contributed by atoms with E-state index in [0.717, 1.165) is 43.9 Å². The van der Waals surface area contributed by atoms with Crippen LogP contribution in [0.5, 0.6) is 0 Å². The molecule has 166 valence electrons. The quantitative estimate of drug-likeness (QED) is 0.666. The summed E-state index contributed by atoms with van der Waals surface area (Å²) in [5, 5.41) is 23.7. The number of aromatic carboxylic acids is 1. The first-order chi connectivity index (χ1) is 15.4. The standard InChI is InChI=1S/C23H22ClN3O4S/c24-16-7-9-17(10-8-16)25-21-23(11-2-1-3-12-23)27(22(26-21)32-14-19(28)29)18-6-4-5-15(13-18)20(30)31/h4-10,13H,1-3,11-12,14H2,(H,28,29)(H,30,31)/p-2. The van der Waals surface area contributed by atoms with Crippen LogP contribution in [-0.4, -0.2) is 34.2 Å². The second-order valence-corrected chi connectivity index (χ2v) is 9.11. The predicted octanol–water partition coefficient (Wildman–Crippen LogP) is 2.80. The molecule has 0 unspecified atom stereocenters. The number of hydrogen-bond donors (Lipinski definition) is 0. The first-order valence-corrected chi connectivity index (χ1v) is 11.6. The average molecular weight is 470 g/mol. The van der Waals surface area contributed by atoms with Crippen LogP contribution in [-0.2, 0) is 4.79 Å². The maximum absolute atomic E-state index is 11.5. The number of carbonyl (C=O) groups is 2. The minimum Gasteiger partial charge on any atom is -0.549 e. The summed E-state index contributed by atoms with van der Waals surface area (Å²) in [5.74, 6) is -2.18. The Labute approximate surface area is 194 Å². The van der Waals surface area contributed by atoms with Crippen molar-refractivity contribution in [2.45, 2.75) is 37.6 Å². The van der Waals surface area contributed by atoms with Crippen LogP contribution in [0.25, 0.3) is 0 Å². The third kappa shape index (κ3) is 4.52. The molecular formula is C23H20ClN3O4S-2. The lowest BCUT2D eigenvalue weighted by Gasteiger charge is -2.42. The Balaban J connectivity index is 1.84. The zero-order valence-electron chi connectivity index (χ0n) is 17.1. The van der Waals surface area contributed by atoms with E-state index in [2.05, 4.69) is 0 Å². The average Bonchev–Trinajstić information content (AvgIpc) is 3.06. The summed E-state index contributed by atoms with van der Waals surface area (Å²) in [4.78, 5) is 34.2. The van der Waals surface area contributed by atoms with Crippen molar-refractivity contribution in [2.24, 2.45) is 9.98 Å². The molecule has 2 aromatic rings. The van der Waals surface area contributed by atoms with Crippen LogP contribution in [0.15, 0.2) is 58.5 Å². The number of nitrogens with zero attached hydrogens (tertiary/aromatic N) is 3. The molecule has 0 amide bonds. The molecule has 1 spiro atoms. The molecule has 4 rings (SSSR count). The highest BCUT2D eigenvalue weighted by atomic mass is 35.5. The highest BCUT2D eigenvalue weighted by Crippen LogP contribution is 2.44. The predicted molar refractivity (Wildman–Crippen MR) is 123 cm³/mol. The number of aliphatic imine (C=N–C) groups is 2. The molecule has 0 N–H and O–H groups in total. The van der Waals surface area contributed by atoms with Gasteiger partial charge in [-0.15, -0.1) is 0 Å². The Bertz CT molecular complexity index is 1090. The summed E-state index contributed by atoms with van der Waals surface area (Å²) < 4.78 is 0. The molecule has 32 heavy (non-hydrogen) atoms. The fraction of sp³-hybridized carbons (Fsp3) is 0.304. The molecule has 1 heterocycles. The van der Waals surface area contributed by atoms with Gasteiger partial charge in [0.1, 0.15) is 5.54 Å². The molecule has 0 radical (unpaired) electrons. The van der Waals surface area contributed by atoms with Gasteiger partial charge in [-0.1, -0.05) is 54.8 Å². The first-order valence-electron chi connectivity index (χ1n) is 10.3. The van der Waals surface area contributed by atoms with Crippen LogP contribution in [0, 0.1) is 0 Å². The Hall–Kier alpha value is -2.84. The van der Waals surface area contributed by atoms with E-state index in [1.165, 1.54) is 12.1 Å². The summed E-state index contributed by atoms with van der Waals surface area (Å²) in [6, 6.07) is 13.5. The third-order valence-corrected chi connectivity index (χ3v) is 6.80. The van der Waals surface area contributed by atoms with Gasteiger partial charge in [-0.2, -0.15) is 0 Å². The summed E-state index contributed by atoms with van der Waals surface area (Å²) in [6.07, 6.45) is 4.49. The maximum atomic E-state index is 11.5. The summed E-state index contributed by atoms with van der Waals surface area (Å²) >= 11 is 7.05. The molecule has 1 fully saturated rings. The number of rotatable bonds is 5. The molecule has 0 atom stereocenters. The van der Waals surface area contributed by atoms with E-state index in [0.29, 0.717) is 27.4 Å². The number of benzene rings is 2. The molecule has 7 nitrogen and oxygen atoms in total. The lowest BCUT2D eigenvalue weighted by molar-refractivity contribution is -0.301. The number of amidine groups is 2. The number of hydrogen-bond acceptors (Lipinski definition) is 7. The normalized spacial score (nSPS) is 18.7. The largest absolute Gasteiger partial charge is 0.549 e. The van der Waals surface area contributed by atoms with Crippen LogP contribution in [0.2, 0.25) is 5.02 Å². The van der Waals surface area contributed by atoms with Crippen LogP contribution in [0.1, 0.15) is 42.5 Å². The first kappa shape index (κ1) is 22.4. The van der Waals surface area contributed by atoms with Crippen molar-refractivity contribution in [1.29, 1.82) is 0 Å². The highest BCUT2D eigenvalue weighted by Gasteiger charge is 2.49. The summed E-state index contributed by atoms with van der Waals surface area (Å²) in [5.41, 5.74) is 0.740. The third-order valence-electron chi connectivity index (χ3n) is 5.64. The van der Waals surface area contributed by atoms with E-state index >= 15 is 0 Å². The van der Waals surface area contributed by atoms with Crippen molar-refractivity contribution < 1.29 is 19.8 Å². The van der Waals surface area contributed by atoms with Crippen molar-refractivity contribution in [3.63, 3.8) is 0 Å². The zero-order chi connectivity index (χ0) is 22.7. The van der Waals surface area contributed by atoms with Gasteiger partial charge in [-0.3, -0.25) is 0 Å². The van der Waals surface area contributed by atoms with E-state index in [4.69, 9.17) is 21.6 Å². The van der Waals surface area contributed by atoms with Crippen molar-refractivity contribution in [3.05, 3.63) is 59.1 Å². The monoisotopic (exact) mass is 469 g/mol. The number of carboxylic acids is 2. The van der Waals surface area contributed by atoms with Crippen molar-refractivity contribution in [1.82, 2.24) is 0 Å². The van der Waals surface area contributed by atoms with Crippen LogP contribution in [0.3, 0.4) is 0 Å². The van der Waals surface area contributed by atoms with Gasteiger partial charge in [0.25, 0.3) is 0 Å². The molecule has 1 aliphatic carbocycles. The second-order valence-electron chi connectivity index (χ2n) is 7.73. The molecule has 0 bridgehead atoms. The maximum Gasteiger partial charge on any atom is 0.171 e. The molecule has 1 aliphatic heterocycles. The minimum absolute atomic E-state index is 0.0424. The van der Waals surface area contributed by atoms with Gasteiger partial charge < -0.3 is 24.7 Å². The molecular weight excluding hydrogens is 450 g/mol. The van der Waals surface area contributed by atoms with E-state index in [9.17, 15) is 19.8 Å².